The fraction of sp³-hybridized carbons (Fsp3) is 0.316. The van der Waals surface area contributed by atoms with Crippen molar-refractivity contribution in [2.75, 3.05) is 25.5 Å². The topological polar surface area (TPSA) is 41.6 Å². The lowest BCUT2D eigenvalue weighted by molar-refractivity contribution is 0.102. The van der Waals surface area contributed by atoms with Crippen molar-refractivity contribution in [1.82, 2.24) is 4.90 Å². The molecular weight excluding hydrogens is 343 g/mol. The highest BCUT2D eigenvalue weighted by molar-refractivity contribution is 6.34. The van der Waals surface area contributed by atoms with E-state index in [-0.39, 0.29) is 16.7 Å². The van der Waals surface area contributed by atoms with E-state index in [1.54, 1.807) is 18.2 Å². The van der Waals surface area contributed by atoms with Crippen LogP contribution in [0.2, 0.25) is 5.02 Å². The number of nitrogens with zero attached hydrogens (tertiary/aromatic N) is 1. The molecule has 4 nitrogen and oxygen atoms in total. The molecule has 25 heavy (non-hydrogen) atoms. The summed E-state index contributed by atoms with van der Waals surface area (Å²) in [5.41, 5.74) is 0.376. The molecule has 0 saturated carbocycles. The fourth-order valence-electron chi connectivity index (χ4n) is 2.85. The van der Waals surface area contributed by atoms with Gasteiger partial charge in [0.2, 0.25) is 0 Å². The Morgan fingerprint density at radius 2 is 1.96 bits per heavy atom. The summed E-state index contributed by atoms with van der Waals surface area (Å²) in [5.74, 6) is -0.546. The summed E-state index contributed by atoms with van der Waals surface area (Å²) in [5, 5.41) is 2.75. The summed E-state index contributed by atoms with van der Waals surface area (Å²) in [6.07, 6.45) is 2.11. The molecule has 1 fully saturated rings. The van der Waals surface area contributed by atoms with Gasteiger partial charge in [0.15, 0.2) is 0 Å². The van der Waals surface area contributed by atoms with Crippen LogP contribution in [0.5, 0.6) is 5.75 Å². The van der Waals surface area contributed by atoms with Gasteiger partial charge in [-0.05, 0) is 44.2 Å². The van der Waals surface area contributed by atoms with Crippen molar-refractivity contribution in [3.8, 4) is 5.75 Å². The molecular formula is C19H20ClFN2O2. The lowest BCUT2D eigenvalue weighted by Gasteiger charge is -2.29. The van der Waals surface area contributed by atoms with Gasteiger partial charge in [-0.1, -0.05) is 23.7 Å². The van der Waals surface area contributed by atoms with Gasteiger partial charge >= 0.3 is 0 Å². The van der Waals surface area contributed by atoms with E-state index < -0.39 is 11.7 Å². The van der Waals surface area contributed by atoms with Crippen LogP contribution in [0.4, 0.5) is 10.1 Å². The fourth-order valence-corrected chi connectivity index (χ4v) is 3.10. The Hall–Kier alpha value is -2.11. The van der Waals surface area contributed by atoms with Gasteiger partial charge in [-0.25, -0.2) is 4.39 Å². The average Bonchev–Trinajstić information content (AvgIpc) is 2.57. The van der Waals surface area contributed by atoms with Gasteiger partial charge in [-0.15, -0.1) is 0 Å². The molecule has 0 unspecified atom stereocenters. The van der Waals surface area contributed by atoms with Gasteiger partial charge in [-0.2, -0.15) is 0 Å². The number of carbonyl (C=O) groups excluding carboxylic acids is 1. The van der Waals surface area contributed by atoms with E-state index in [9.17, 15) is 9.18 Å². The van der Waals surface area contributed by atoms with E-state index in [4.69, 9.17) is 16.3 Å². The molecule has 0 atom stereocenters. The number of benzene rings is 2. The minimum absolute atomic E-state index is 0.0798. The molecule has 1 aliphatic rings. The number of amides is 1. The third-order valence-electron chi connectivity index (χ3n) is 4.25. The number of rotatable bonds is 4. The number of ether oxygens (including phenoxy) is 1. The number of hydrogen-bond donors (Lipinski definition) is 1. The Labute approximate surface area is 151 Å². The van der Waals surface area contributed by atoms with Gasteiger partial charge in [0, 0.05) is 24.8 Å². The minimum atomic E-state index is -0.649. The van der Waals surface area contributed by atoms with E-state index in [0.29, 0.717) is 11.4 Å². The highest BCUT2D eigenvalue weighted by Crippen LogP contribution is 2.24. The van der Waals surface area contributed by atoms with Crippen molar-refractivity contribution in [3.05, 3.63) is 58.9 Å². The predicted octanol–water partition coefficient (Wildman–Crippen LogP) is 4.20. The Bertz CT molecular complexity index is 741. The first kappa shape index (κ1) is 17.7. The van der Waals surface area contributed by atoms with Gasteiger partial charge in [0.1, 0.15) is 17.7 Å². The minimum Gasteiger partial charge on any atom is -0.490 e. The van der Waals surface area contributed by atoms with Gasteiger partial charge in [-0.3, -0.25) is 4.79 Å². The molecule has 0 aromatic heterocycles. The molecule has 0 bridgehead atoms. The summed E-state index contributed by atoms with van der Waals surface area (Å²) < 4.78 is 19.9. The van der Waals surface area contributed by atoms with Crippen LogP contribution in [-0.4, -0.2) is 37.0 Å². The van der Waals surface area contributed by atoms with E-state index in [2.05, 4.69) is 17.3 Å². The normalized spacial score (nSPS) is 15.8. The standard InChI is InChI=1S/C19H20ClFN2O2/c1-23-10-8-14(9-11-23)25-15-5-2-4-13(12-15)22-19(24)18-16(20)6-3-7-17(18)21/h2-7,12,14H,8-11H2,1H3,(H,22,24). The van der Waals surface area contributed by atoms with Gasteiger partial charge < -0.3 is 15.0 Å². The van der Waals surface area contributed by atoms with Crippen LogP contribution in [0.15, 0.2) is 42.5 Å². The molecule has 132 valence electrons. The third-order valence-corrected chi connectivity index (χ3v) is 4.57. The van der Waals surface area contributed by atoms with E-state index >= 15 is 0 Å². The van der Waals surface area contributed by atoms with E-state index in [1.807, 2.05) is 6.07 Å². The maximum atomic E-state index is 13.8. The second-order valence-electron chi connectivity index (χ2n) is 6.20. The molecule has 0 aliphatic carbocycles. The van der Waals surface area contributed by atoms with Gasteiger partial charge in [0.25, 0.3) is 5.91 Å². The Morgan fingerprint density at radius 1 is 1.24 bits per heavy atom. The quantitative estimate of drug-likeness (QED) is 0.886. The maximum Gasteiger partial charge on any atom is 0.260 e. The first-order chi connectivity index (χ1) is 12.0. The molecule has 3 rings (SSSR count). The SMILES string of the molecule is CN1CCC(Oc2cccc(NC(=O)c3c(F)cccc3Cl)c2)CC1. The largest absolute Gasteiger partial charge is 0.490 e. The number of hydrogen-bond acceptors (Lipinski definition) is 3. The van der Waals surface area contributed by atoms with Crippen molar-refractivity contribution in [1.29, 1.82) is 0 Å². The molecule has 6 heteroatoms. The molecule has 2 aromatic rings. The zero-order valence-electron chi connectivity index (χ0n) is 14.0. The molecule has 1 N–H and O–H groups in total. The molecule has 1 amide bonds. The lowest BCUT2D eigenvalue weighted by Crippen LogP contribution is -2.35. The zero-order chi connectivity index (χ0) is 17.8. The Kier molecular flexibility index (Phi) is 5.56. The van der Waals surface area contributed by atoms with Gasteiger partial charge in [0.05, 0.1) is 10.6 Å². The molecule has 0 spiro atoms. The van der Waals surface area contributed by atoms with Crippen LogP contribution in [0, 0.1) is 5.82 Å². The Morgan fingerprint density at radius 3 is 2.68 bits per heavy atom. The number of carbonyl (C=O) groups is 1. The smallest absolute Gasteiger partial charge is 0.260 e. The lowest BCUT2D eigenvalue weighted by atomic mass is 10.1. The summed E-state index contributed by atoms with van der Waals surface area (Å²) >= 11 is 5.93. The van der Waals surface area contributed by atoms with Crippen molar-refractivity contribution in [2.24, 2.45) is 0 Å². The number of halogens is 2. The highest BCUT2D eigenvalue weighted by atomic mass is 35.5. The highest BCUT2D eigenvalue weighted by Gasteiger charge is 2.19. The van der Waals surface area contributed by atoms with Crippen molar-refractivity contribution < 1.29 is 13.9 Å². The monoisotopic (exact) mass is 362 g/mol. The van der Waals surface area contributed by atoms with Crippen molar-refractivity contribution in [3.63, 3.8) is 0 Å². The first-order valence-corrected chi connectivity index (χ1v) is 8.61. The number of anilines is 1. The van der Waals surface area contributed by atoms with Crippen LogP contribution in [-0.2, 0) is 0 Å². The molecule has 2 aromatic carbocycles. The average molecular weight is 363 g/mol. The van der Waals surface area contributed by atoms with Crippen molar-refractivity contribution in [2.45, 2.75) is 18.9 Å². The number of nitrogens with one attached hydrogen (secondary N) is 1. The second-order valence-corrected chi connectivity index (χ2v) is 6.61. The van der Waals surface area contributed by atoms with E-state index in [1.165, 1.54) is 18.2 Å². The first-order valence-electron chi connectivity index (χ1n) is 8.23. The number of likely N-dealkylation sites (tertiary alicyclic amines) is 1. The second kappa shape index (κ2) is 7.85. The predicted molar refractivity (Wildman–Crippen MR) is 97.0 cm³/mol. The molecule has 1 aliphatic heterocycles. The molecule has 0 radical (unpaired) electrons. The summed E-state index contributed by atoms with van der Waals surface area (Å²) in [4.78, 5) is 14.6. The van der Waals surface area contributed by atoms with E-state index in [0.717, 1.165) is 25.9 Å². The van der Waals surface area contributed by atoms with Crippen LogP contribution in [0.3, 0.4) is 0 Å². The zero-order valence-corrected chi connectivity index (χ0v) is 14.7. The maximum absolute atomic E-state index is 13.8. The molecule has 1 heterocycles. The van der Waals surface area contributed by atoms with Crippen LogP contribution in [0.25, 0.3) is 0 Å². The number of piperidine rings is 1. The summed E-state index contributed by atoms with van der Waals surface area (Å²) in [7, 11) is 2.10. The molecule has 1 saturated heterocycles. The third kappa shape index (κ3) is 4.50. The van der Waals surface area contributed by atoms with Crippen LogP contribution in [0.1, 0.15) is 23.2 Å². The van der Waals surface area contributed by atoms with Crippen LogP contribution >= 0.6 is 11.6 Å². The van der Waals surface area contributed by atoms with Crippen LogP contribution < -0.4 is 10.1 Å². The Balaban J connectivity index is 1.68. The summed E-state index contributed by atoms with van der Waals surface area (Å²) in [6, 6.07) is 11.3. The summed E-state index contributed by atoms with van der Waals surface area (Å²) in [6.45, 7) is 2.01. The van der Waals surface area contributed by atoms with Crippen molar-refractivity contribution >= 4 is 23.2 Å².